The number of aliphatic hydroxyl groups is 1. The zero-order valence-electron chi connectivity index (χ0n) is 52.1. The van der Waals surface area contributed by atoms with Gasteiger partial charge in [0.2, 0.25) is 0 Å². The summed E-state index contributed by atoms with van der Waals surface area (Å²) in [4.78, 5) is 72.0. The number of phosphoric ester groups is 2. The van der Waals surface area contributed by atoms with Gasteiger partial charge in [0.25, 0.3) is 0 Å². The molecule has 0 radical (unpaired) electrons. The SMILES string of the molecule is CCCCCCCCCCCCC(=O)O[C@H](COC(=O)CCCCCCCCC)COP(=O)(O)OC[C@H](O)COP(=O)(O)OC[C@@H](COC(=O)CCCCCCCCCCC(C)CC)OC(=O)CCCCCCCCCCC(C)CC. The number of carbonyl (C=O) groups is 4. The van der Waals surface area contributed by atoms with E-state index in [0.29, 0.717) is 25.7 Å². The Balaban J connectivity index is 5.23. The molecule has 81 heavy (non-hydrogen) atoms. The lowest BCUT2D eigenvalue weighted by Gasteiger charge is -2.21. The Labute approximate surface area is 492 Å². The van der Waals surface area contributed by atoms with Gasteiger partial charge in [-0.05, 0) is 37.5 Å². The Kier molecular flexibility index (Phi) is 53.4. The molecule has 3 N–H and O–H groups in total. The van der Waals surface area contributed by atoms with Crippen LogP contribution in [0.5, 0.6) is 0 Å². The Morgan fingerprint density at radius 3 is 0.877 bits per heavy atom. The molecule has 0 aromatic rings. The summed E-state index contributed by atoms with van der Waals surface area (Å²) in [6, 6.07) is 0. The molecular formula is C62H120O17P2. The number of hydrogen-bond acceptors (Lipinski definition) is 15. The summed E-state index contributed by atoms with van der Waals surface area (Å²) in [5.41, 5.74) is 0. The zero-order chi connectivity index (χ0) is 60.1. The summed E-state index contributed by atoms with van der Waals surface area (Å²) >= 11 is 0. The molecule has 480 valence electrons. The van der Waals surface area contributed by atoms with Crippen molar-refractivity contribution >= 4 is 39.5 Å². The molecule has 0 saturated heterocycles. The number of carbonyl (C=O) groups excluding carboxylic acids is 4. The highest BCUT2D eigenvalue weighted by molar-refractivity contribution is 7.47. The highest BCUT2D eigenvalue weighted by Crippen LogP contribution is 2.45. The van der Waals surface area contributed by atoms with E-state index in [1.165, 1.54) is 109 Å². The van der Waals surface area contributed by atoms with E-state index in [2.05, 4.69) is 41.5 Å². The van der Waals surface area contributed by atoms with E-state index in [1.54, 1.807) is 0 Å². The van der Waals surface area contributed by atoms with Crippen LogP contribution in [0, 0.1) is 11.8 Å². The second kappa shape index (κ2) is 54.7. The van der Waals surface area contributed by atoms with Gasteiger partial charge in [0, 0.05) is 25.7 Å². The third-order valence-electron chi connectivity index (χ3n) is 14.9. The lowest BCUT2D eigenvalue weighted by Crippen LogP contribution is -2.30. The Morgan fingerprint density at radius 2 is 0.593 bits per heavy atom. The first-order chi connectivity index (χ1) is 38.9. The number of ether oxygens (including phenoxy) is 4. The van der Waals surface area contributed by atoms with Crippen LogP contribution in [0.4, 0.5) is 0 Å². The summed E-state index contributed by atoms with van der Waals surface area (Å²) in [5, 5.41) is 10.5. The van der Waals surface area contributed by atoms with E-state index in [-0.39, 0.29) is 25.7 Å². The molecule has 0 bridgehead atoms. The standard InChI is InChI=1S/C62H120O17P2/c1-7-11-13-15-17-18-19-28-34-40-46-61(66)78-57(50-72-59(64)44-38-32-24-16-14-12-8-2)52-76-80(68,69)74-48-56(63)49-75-81(70,71)77-53-58(79-62(67)47-41-35-29-23-21-26-31-37-43-55(6)10-4)51-73-60(65)45-39-33-27-22-20-25-30-36-42-54(5)9-3/h54-58,63H,7-53H2,1-6H3,(H,68,69)(H,70,71)/t54?,55?,56-,57+,58+/m0/s1. The van der Waals surface area contributed by atoms with Gasteiger partial charge in [-0.15, -0.1) is 0 Å². The third-order valence-corrected chi connectivity index (χ3v) is 16.8. The van der Waals surface area contributed by atoms with Crippen molar-refractivity contribution in [2.75, 3.05) is 39.6 Å². The molecule has 0 aliphatic heterocycles. The molecule has 0 aromatic carbocycles. The molecule has 0 saturated carbocycles. The first-order valence-electron chi connectivity index (χ1n) is 32.6. The molecule has 0 fully saturated rings. The Hall–Kier alpha value is -1.94. The highest BCUT2D eigenvalue weighted by atomic mass is 31.2. The van der Waals surface area contributed by atoms with Crippen molar-refractivity contribution in [3.63, 3.8) is 0 Å². The van der Waals surface area contributed by atoms with Gasteiger partial charge in [-0.1, -0.05) is 253 Å². The number of phosphoric acid groups is 2. The maximum absolute atomic E-state index is 13.0. The van der Waals surface area contributed by atoms with Crippen LogP contribution in [0.25, 0.3) is 0 Å². The van der Waals surface area contributed by atoms with E-state index in [9.17, 15) is 43.2 Å². The zero-order valence-corrected chi connectivity index (χ0v) is 53.9. The molecular weight excluding hydrogens is 1080 g/mol. The number of esters is 4. The molecule has 17 nitrogen and oxygen atoms in total. The van der Waals surface area contributed by atoms with Crippen molar-refractivity contribution in [1.29, 1.82) is 0 Å². The van der Waals surface area contributed by atoms with Crippen molar-refractivity contribution in [3.05, 3.63) is 0 Å². The first-order valence-corrected chi connectivity index (χ1v) is 35.6. The molecule has 0 aliphatic rings. The van der Waals surface area contributed by atoms with Crippen LogP contribution in [-0.2, 0) is 65.4 Å². The van der Waals surface area contributed by atoms with Gasteiger partial charge >= 0.3 is 39.5 Å². The van der Waals surface area contributed by atoms with Crippen LogP contribution >= 0.6 is 15.6 Å². The van der Waals surface area contributed by atoms with Crippen LogP contribution < -0.4 is 0 Å². The predicted octanol–water partition coefficient (Wildman–Crippen LogP) is 16.9. The van der Waals surface area contributed by atoms with Gasteiger partial charge < -0.3 is 33.8 Å². The highest BCUT2D eigenvalue weighted by Gasteiger charge is 2.30. The lowest BCUT2D eigenvalue weighted by atomic mass is 9.99. The molecule has 19 heteroatoms. The fourth-order valence-electron chi connectivity index (χ4n) is 9.11. The van der Waals surface area contributed by atoms with Gasteiger partial charge in [-0.2, -0.15) is 0 Å². The monoisotopic (exact) mass is 1200 g/mol. The molecule has 0 aliphatic carbocycles. The second-order valence-electron chi connectivity index (χ2n) is 22.9. The number of unbranched alkanes of at least 4 members (excludes halogenated alkanes) is 29. The maximum Gasteiger partial charge on any atom is 0.472 e. The second-order valence-corrected chi connectivity index (χ2v) is 25.8. The van der Waals surface area contributed by atoms with E-state index in [4.69, 9.17) is 37.0 Å². The van der Waals surface area contributed by atoms with Gasteiger partial charge in [0.1, 0.15) is 19.3 Å². The fraction of sp³-hybridized carbons (Fsp3) is 0.935. The van der Waals surface area contributed by atoms with Crippen molar-refractivity contribution in [2.45, 2.75) is 323 Å². The summed E-state index contributed by atoms with van der Waals surface area (Å²) in [5.74, 6) is -0.595. The van der Waals surface area contributed by atoms with Crippen molar-refractivity contribution in [3.8, 4) is 0 Å². The molecule has 0 spiro atoms. The predicted molar refractivity (Wildman–Crippen MR) is 321 cm³/mol. The Morgan fingerprint density at radius 1 is 0.346 bits per heavy atom. The average Bonchev–Trinajstić information content (AvgIpc) is 3.44. The van der Waals surface area contributed by atoms with Crippen molar-refractivity contribution in [1.82, 2.24) is 0 Å². The summed E-state index contributed by atoms with van der Waals surface area (Å²) in [6.07, 6.45) is 36.1. The molecule has 0 amide bonds. The van der Waals surface area contributed by atoms with E-state index >= 15 is 0 Å². The quantitative estimate of drug-likeness (QED) is 0.0222. The molecule has 0 aromatic heterocycles. The van der Waals surface area contributed by atoms with Crippen LogP contribution in [0.3, 0.4) is 0 Å². The molecule has 7 atom stereocenters. The largest absolute Gasteiger partial charge is 0.472 e. The Bertz CT molecular complexity index is 1600. The van der Waals surface area contributed by atoms with Crippen LogP contribution in [0.15, 0.2) is 0 Å². The van der Waals surface area contributed by atoms with E-state index in [0.717, 1.165) is 115 Å². The van der Waals surface area contributed by atoms with Crippen molar-refractivity contribution < 1.29 is 80.2 Å². The van der Waals surface area contributed by atoms with Gasteiger partial charge in [0.15, 0.2) is 12.2 Å². The molecule has 0 rings (SSSR count). The summed E-state index contributed by atoms with van der Waals surface area (Å²) in [6.45, 7) is 9.43. The summed E-state index contributed by atoms with van der Waals surface area (Å²) in [7, 11) is -9.88. The van der Waals surface area contributed by atoms with Crippen LogP contribution in [0.2, 0.25) is 0 Å². The minimum atomic E-state index is -4.94. The molecule has 0 heterocycles. The van der Waals surface area contributed by atoms with Crippen LogP contribution in [-0.4, -0.2) is 96.7 Å². The average molecular weight is 1200 g/mol. The first kappa shape index (κ1) is 79.1. The third kappa shape index (κ3) is 54.5. The van der Waals surface area contributed by atoms with Crippen LogP contribution in [0.1, 0.15) is 305 Å². The number of rotatable bonds is 61. The molecule has 4 unspecified atom stereocenters. The summed E-state index contributed by atoms with van der Waals surface area (Å²) < 4.78 is 67.8. The smallest absolute Gasteiger partial charge is 0.462 e. The fourth-order valence-corrected chi connectivity index (χ4v) is 10.7. The maximum atomic E-state index is 13.0. The normalized spacial score (nSPS) is 15.0. The minimum absolute atomic E-state index is 0.104. The van der Waals surface area contributed by atoms with Gasteiger partial charge in [-0.3, -0.25) is 37.3 Å². The van der Waals surface area contributed by atoms with Crippen molar-refractivity contribution in [2.24, 2.45) is 11.8 Å². The lowest BCUT2D eigenvalue weighted by molar-refractivity contribution is -0.161. The van der Waals surface area contributed by atoms with Gasteiger partial charge in [-0.25, -0.2) is 9.13 Å². The van der Waals surface area contributed by atoms with E-state index in [1.807, 2.05) is 0 Å². The number of hydrogen-bond donors (Lipinski definition) is 3. The van der Waals surface area contributed by atoms with Gasteiger partial charge in [0.05, 0.1) is 26.4 Å². The van der Waals surface area contributed by atoms with E-state index < -0.39 is 97.5 Å². The topological polar surface area (TPSA) is 237 Å². The minimum Gasteiger partial charge on any atom is -0.462 e. The number of aliphatic hydroxyl groups excluding tert-OH is 1.